The van der Waals surface area contributed by atoms with Crippen LogP contribution in [0, 0.1) is 5.41 Å². The third-order valence-corrected chi connectivity index (χ3v) is 4.73. The number of nitrogens with one attached hydrogen (secondary N) is 3. The Labute approximate surface area is 173 Å². The predicted octanol–water partition coefficient (Wildman–Crippen LogP) is 2.07. The summed E-state index contributed by atoms with van der Waals surface area (Å²) < 4.78 is 0. The van der Waals surface area contributed by atoms with Crippen LogP contribution in [0.3, 0.4) is 0 Å². The van der Waals surface area contributed by atoms with E-state index >= 15 is 0 Å². The number of fused-ring (bicyclic) bond motifs is 1. The zero-order valence-electron chi connectivity index (χ0n) is 16.3. The highest BCUT2D eigenvalue weighted by Crippen LogP contribution is 2.29. The van der Waals surface area contributed by atoms with Crippen molar-refractivity contribution in [2.45, 2.75) is 26.3 Å². The van der Waals surface area contributed by atoms with Gasteiger partial charge in [-0.05, 0) is 44.1 Å². The van der Waals surface area contributed by atoms with Crippen LogP contribution in [0.15, 0.2) is 24.7 Å². The number of pyridine rings is 1. The second kappa shape index (κ2) is 8.35. The predicted molar refractivity (Wildman–Crippen MR) is 115 cm³/mol. The Bertz CT molecular complexity index is 965. The average Bonchev–Trinajstić information content (AvgIpc) is 3.11. The lowest BCUT2D eigenvalue weighted by atomic mass is 10.1. The molecule has 0 unspecified atom stereocenters. The Morgan fingerprint density at radius 3 is 2.76 bits per heavy atom. The maximum atomic E-state index is 11.2. The molecule has 0 spiro atoms. The lowest BCUT2D eigenvalue weighted by molar-refractivity contribution is 0.203. The number of amidine groups is 1. The Morgan fingerprint density at radius 1 is 1.34 bits per heavy atom. The van der Waals surface area contributed by atoms with Gasteiger partial charge in [0, 0.05) is 32.0 Å². The first-order valence-electron chi connectivity index (χ1n) is 8.98. The monoisotopic (exact) mass is 414 g/mol. The molecule has 0 bridgehead atoms. The van der Waals surface area contributed by atoms with Crippen molar-refractivity contribution in [1.82, 2.24) is 20.3 Å². The highest BCUT2D eigenvalue weighted by molar-refractivity contribution is 7.80. The number of rotatable bonds is 4. The number of thiocarbonyl (C=S) groups is 1. The summed E-state index contributed by atoms with van der Waals surface area (Å²) in [6.07, 6.45) is 4.31. The molecule has 2 aromatic heterocycles. The van der Waals surface area contributed by atoms with Gasteiger partial charge >= 0.3 is 6.09 Å². The van der Waals surface area contributed by atoms with Gasteiger partial charge in [0.25, 0.3) is 0 Å². The van der Waals surface area contributed by atoms with Gasteiger partial charge in [0.15, 0.2) is 22.6 Å². The van der Waals surface area contributed by atoms with E-state index in [-0.39, 0.29) is 22.6 Å². The van der Waals surface area contributed by atoms with Gasteiger partial charge in [0.2, 0.25) is 0 Å². The number of carbonyl (C=O) groups is 1. The molecule has 1 amide bonds. The lowest BCUT2D eigenvalue weighted by Crippen LogP contribution is -2.36. The maximum Gasteiger partial charge on any atom is 0.412 e. The van der Waals surface area contributed by atoms with Crippen LogP contribution < -0.4 is 20.4 Å². The van der Waals surface area contributed by atoms with Gasteiger partial charge in [0.05, 0.1) is 11.9 Å². The van der Waals surface area contributed by atoms with Crippen molar-refractivity contribution in [1.29, 1.82) is 5.41 Å². The molecule has 0 aliphatic carbocycles. The van der Waals surface area contributed by atoms with Crippen molar-refractivity contribution in [3.8, 4) is 0 Å². The Kier molecular flexibility index (Phi) is 5.87. The minimum absolute atomic E-state index is 0.0327. The quantitative estimate of drug-likeness (QED) is 0.337. The molecule has 1 aliphatic rings. The van der Waals surface area contributed by atoms with Crippen LogP contribution in [0.2, 0.25) is 0 Å². The van der Waals surface area contributed by atoms with Gasteiger partial charge in [-0.1, -0.05) is 0 Å². The molecule has 11 heteroatoms. The molecule has 0 radical (unpaired) electrons. The van der Waals surface area contributed by atoms with E-state index in [0.717, 1.165) is 29.1 Å². The van der Waals surface area contributed by atoms with Crippen LogP contribution in [-0.4, -0.2) is 56.7 Å². The zero-order chi connectivity index (χ0) is 21.1. The minimum Gasteiger partial charge on any atom is -0.465 e. The third-order valence-electron chi connectivity index (χ3n) is 4.53. The van der Waals surface area contributed by atoms with Crippen LogP contribution in [0.1, 0.15) is 25.1 Å². The first-order valence-corrected chi connectivity index (χ1v) is 9.39. The van der Waals surface area contributed by atoms with Gasteiger partial charge in [-0.3, -0.25) is 15.3 Å². The van der Waals surface area contributed by atoms with Crippen LogP contribution in [0.5, 0.6) is 0 Å². The summed E-state index contributed by atoms with van der Waals surface area (Å²) in [7, 11) is 1.35. The summed E-state index contributed by atoms with van der Waals surface area (Å²) in [6, 6.07) is 2.28. The normalized spacial score (nSPS) is 12.5. The van der Waals surface area contributed by atoms with Crippen molar-refractivity contribution in [2.24, 2.45) is 0 Å². The highest BCUT2D eigenvalue weighted by atomic mass is 32.1. The summed E-state index contributed by atoms with van der Waals surface area (Å²) in [5, 5.41) is 23.1. The van der Waals surface area contributed by atoms with E-state index in [1.165, 1.54) is 19.4 Å². The van der Waals surface area contributed by atoms with Crippen LogP contribution in [0.25, 0.3) is 0 Å². The fraction of sp³-hybridized carbons (Fsp3) is 0.333. The summed E-state index contributed by atoms with van der Waals surface area (Å²) >= 11 is 5.24. The molecular formula is C18H22N8O2S. The molecule has 152 valence electrons. The molecule has 10 nitrogen and oxygen atoms in total. The van der Waals surface area contributed by atoms with Crippen molar-refractivity contribution in [3.05, 3.63) is 35.9 Å². The Hall–Kier alpha value is -3.34. The second-order valence-electron chi connectivity index (χ2n) is 6.76. The van der Waals surface area contributed by atoms with Crippen molar-refractivity contribution in [3.63, 3.8) is 0 Å². The standard InChI is InChI=1S/C18H22N8O2S/c1-10(2)26-7-4-11-8-12(22-9-13(11)26)14(19)23-17(29)24-15-16(21-6-5-20-15)25(3)18(27)28/h5-6,8-10H,4,7H2,1-3H3,(H,27,28)(H3,19,20,23,24,29). The van der Waals surface area contributed by atoms with Gasteiger partial charge in [-0.2, -0.15) is 0 Å². The van der Waals surface area contributed by atoms with Gasteiger partial charge in [-0.25, -0.2) is 14.8 Å². The fourth-order valence-electron chi connectivity index (χ4n) is 3.05. The van der Waals surface area contributed by atoms with Crippen molar-refractivity contribution >= 4 is 46.6 Å². The SMILES string of the molecule is CC(C)N1CCc2cc(C(=N)NC(=S)Nc3nccnc3N(C)C(=O)O)ncc21. The number of nitrogens with zero attached hydrogens (tertiary/aromatic N) is 5. The maximum absolute atomic E-state index is 11.2. The summed E-state index contributed by atoms with van der Waals surface area (Å²) in [5.41, 5.74) is 2.71. The number of carboxylic acid groups (broad SMARTS) is 1. The Balaban J connectivity index is 1.70. The second-order valence-corrected chi connectivity index (χ2v) is 7.17. The number of hydrogen-bond acceptors (Lipinski definition) is 7. The van der Waals surface area contributed by atoms with Crippen LogP contribution >= 0.6 is 12.2 Å². The fourth-order valence-corrected chi connectivity index (χ4v) is 3.25. The lowest BCUT2D eigenvalue weighted by Gasteiger charge is -2.23. The Morgan fingerprint density at radius 2 is 2.07 bits per heavy atom. The van der Waals surface area contributed by atoms with Crippen molar-refractivity contribution < 1.29 is 9.90 Å². The zero-order valence-corrected chi connectivity index (χ0v) is 17.1. The molecule has 0 fully saturated rings. The van der Waals surface area contributed by atoms with E-state index in [4.69, 9.17) is 22.7 Å². The molecule has 0 saturated carbocycles. The van der Waals surface area contributed by atoms with E-state index in [2.05, 4.69) is 44.3 Å². The highest BCUT2D eigenvalue weighted by Gasteiger charge is 2.23. The summed E-state index contributed by atoms with van der Waals surface area (Å²) in [5.74, 6) is 0.294. The average molecular weight is 414 g/mol. The number of hydrogen-bond donors (Lipinski definition) is 4. The molecule has 0 saturated heterocycles. The number of aromatic nitrogens is 3. The topological polar surface area (TPSA) is 130 Å². The first kappa shape index (κ1) is 20.4. The van der Waals surface area contributed by atoms with Crippen LogP contribution in [0.4, 0.5) is 22.1 Å². The smallest absolute Gasteiger partial charge is 0.412 e. The van der Waals surface area contributed by atoms with E-state index in [9.17, 15) is 4.79 Å². The molecule has 0 aromatic carbocycles. The largest absolute Gasteiger partial charge is 0.465 e. The van der Waals surface area contributed by atoms with E-state index in [1.807, 2.05) is 6.07 Å². The van der Waals surface area contributed by atoms with Crippen LogP contribution in [-0.2, 0) is 6.42 Å². The van der Waals surface area contributed by atoms with Gasteiger partial charge in [-0.15, -0.1) is 0 Å². The van der Waals surface area contributed by atoms with E-state index < -0.39 is 6.09 Å². The molecule has 1 aliphatic heterocycles. The summed E-state index contributed by atoms with van der Waals surface area (Å²) in [6.45, 7) is 5.21. The minimum atomic E-state index is -1.18. The van der Waals surface area contributed by atoms with Gasteiger partial charge in [0.1, 0.15) is 5.69 Å². The molecule has 29 heavy (non-hydrogen) atoms. The molecular weight excluding hydrogens is 392 g/mol. The summed E-state index contributed by atoms with van der Waals surface area (Å²) in [4.78, 5) is 26.9. The molecule has 0 atom stereocenters. The molecule has 3 rings (SSSR count). The first-order chi connectivity index (χ1) is 13.8. The van der Waals surface area contributed by atoms with Gasteiger partial charge < -0.3 is 20.6 Å². The number of anilines is 3. The van der Waals surface area contributed by atoms with E-state index in [0.29, 0.717) is 11.7 Å². The number of amides is 1. The van der Waals surface area contributed by atoms with Crippen molar-refractivity contribution in [2.75, 3.05) is 28.7 Å². The third kappa shape index (κ3) is 4.40. The molecule has 2 aromatic rings. The molecule has 4 N–H and O–H groups in total. The van der Waals surface area contributed by atoms with E-state index in [1.54, 1.807) is 6.20 Å². The molecule has 3 heterocycles.